The van der Waals surface area contributed by atoms with E-state index >= 15 is 0 Å². The fraction of sp³-hybridized carbons (Fsp3) is 0.143. The number of aliphatic imine (C=N–C) groups is 2. The lowest BCUT2D eigenvalue weighted by Crippen LogP contribution is -2.18. The molecule has 2 aromatic heterocycles. The van der Waals surface area contributed by atoms with Crippen LogP contribution in [0, 0.1) is 0 Å². The first-order valence-electron chi connectivity index (χ1n) is 6.07. The first kappa shape index (κ1) is 10.8. The SMILES string of the molecule is O=C1CCC=C2N=Cc3sc4ncccc4c3N=C12. The number of thiophene rings is 1. The predicted octanol–water partition coefficient (Wildman–Crippen LogP) is 3.05. The number of allylic oxidation sites excluding steroid dienone is 2. The first-order chi connectivity index (χ1) is 9.33. The lowest BCUT2D eigenvalue weighted by Gasteiger charge is -2.09. The van der Waals surface area contributed by atoms with Crippen LogP contribution in [0.1, 0.15) is 17.7 Å². The fourth-order valence-corrected chi connectivity index (χ4v) is 3.27. The van der Waals surface area contributed by atoms with Gasteiger partial charge in [0.1, 0.15) is 10.5 Å². The van der Waals surface area contributed by atoms with E-state index in [9.17, 15) is 4.79 Å². The van der Waals surface area contributed by atoms with Crippen molar-refractivity contribution >= 4 is 45.0 Å². The molecule has 0 radical (unpaired) electrons. The van der Waals surface area contributed by atoms with E-state index in [1.165, 1.54) is 0 Å². The minimum Gasteiger partial charge on any atom is -0.292 e. The Morgan fingerprint density at radius 3 is 3.21 bits per heavy atom. The molecule has 0 unspecified atom stereocenters. The quantitative estimate of drug-likeness (QED) is 0.736. The highest BCUT2D eigenvalue weighted by atomic mass is 32.1. The van der Waals surface area contributed by atoms with Crippen molar-refractivity contribution in [2.75, 3.05) is 0 Å². The van der Waals surface area contributed by atoms with Crippen LogP contribution in [0.25, 0.3) is 10.2 Å². The van der Waals surface area contributed by atoms with Crippen molar-refractivity contribution in [3.05, 3.63) is 35.0 Å². The Kier molecular flexibility index (Phi) is 2.22. The van der Waals surface area contributed by atoms with Gasteiger partial charge in [-0.15, -0.1) is 11.3 Å². The number of fused-ring (bicyclic) bond motifs is 4. The number of carbonyl (C=O) groups is 1. The number of aromatic nitrogens is 1. The standard InChI is InChI=1S/C14H9N3OS/c18-10-5-1-4-9-13(10)17-12-8-3-2-6-15-14(8)19-11(12)7-16-9/h2-4,6-7H,1,5H2. The molecule has 19 heavy (non-hydrogen) atoms. The molecule has 2 aliphatic rings. The molecule has 92 valence electrons. The molecular weight excluding hydrogens is 258 g/mol. The largest absolute Gasteiger partial charge is 0.292 e. The maximum Gasteiger partial charge on any atom is 0.183 e. The molecule has 1 aliphatic heterocycles. The van der Waals surface area contributed by atoms with E-state index in [1.807, 2.05) is 18.2 Å². The summed E-state index contributed by atoms with van der Waals surface area (Å²) in [5.74, 6) is 0.0748. The average molecular weight is 267 g/mol. The van der Waals surface area contributed by atoms with Crippen LogP contribution in [0.15, 0.2) is 40.1 Å². The second kappa shape index (κ2) is 3.93. The number of pyridine rings is 1. The molecule has 0 atom stereocenters. The first-order valence-corrected chi connectivity index (χ1v) is 6.88. The fourth-order valence-electron chi connectivity index (χ4n) is 2.31. The number of ketones is 1. The van der Waals surface area contributed by atoms with Crippen LogP contribution in [0.3, 0.4) is 0 Å². The summed E-state index contributed by atoms with van der Waals surface area (Å²) in [5, 5.41) is 0.987. The molecule has 2 aromatic rings. The van der Waals surface area contributed by atoms with Gasteiger partial charge in [-0.05, 0) is 18.6 Å². The van der Waals surface area contributed by atoms with E-state index in [0.29, 0.717) is 17.8 Å². The Morgan fingerprint density at radius 1 is 1.32 bits per heavy atom. The van der Waals surface area contributed by atoms with Gasteiger partial charge in [-0.1, -0.05) is 6.08 Å². The minimum atomic E-state index is 0.0748. The Balaban J connectivity index is 2.04. The molecule has 0 fully saturated rings. The maximum absolute atomic E-state index is 12.0. The molecule has 0 saturated carbocycles. The van der Waals surface area contributed by atoms with Gasteiger partial charge in [0.15, 0.2) is 5.78 Å². The molecule has 3 heterocycles. The zero-order chi connectivity index (χ0) is 12.8. The zero-order valence-corrected chi connectivity index (χ0v) is 10.8. The van der Waals surface area contributed by atoms with Gasteiger partial charge in [0, 0.05) is 24.2 Å². The molecule has 4 rings (SSSR count). The van der Waals surface area contributed by atoms with E-state index in [4.69, 9.17) is 0 Å². The summed E-state index contributed by atoms with van der Waals surface area (Å²) in [6.07, 6.45) is 6.81. The van der Waals surface area contributed by atoms with Crippen molar-refractivity contribution in [1.29, 1.82) is 0 Å². The van der Waals surface area contributed by atoms with Crippen molar-refractivity contribution in [3.63, 3.8) is 0 Å². The summed E-state index contributed by atoms with van der Waals surface area (Å²) >= 11 is 1.55. The Morgan fingerprint density at radius 2 is 2.26 bits per heavy atom. The molecule has 0 saturated heterocycles. The lowest BCUT2D eigenvalue weighted by atomic mass is 10.0. The second-order valence-corrected chi connectivity index (χ2v) is 5.47. The summed E-state index contributed by atoms with van der Waals surface area (Å²) in [5.41, 5.74) is 2.02. The number of hydrogen-bond acceptors (Lipinski definition) is 5. The van der Waals surface area contributed by atoms with Crippen LogP contribution < -0.4 is 0 Å². The lowest BCUT2D eigenvalue weighted by molar-refractivity contribution is -0.113. The molecule has 0 amide bonds. The van der Waals surface area contributed by atoms with Crippen LogP contribution in [0.2, 0.25) is 0 Å². The van der Waals surface area contributed by atoms with Gasteiger partial charge in [-0.25, -0.2) is 9.98 Å². The van der Waals surface area contributed by atoms with Gasteiger partial charge in [0.2, 0.25) is 0 Å². The Labute approximate surface area is 113 Å². The van der Waals surface area contributed by atoms with E-state index < -0.39 is 0 Å². The van der Waals surface area contributed by atoms with Gasteiger partial charge < -0.3 is 0 Å². The Bertz CT molecular complexity index is 798. The monoisotopic (exact) mass is 267 g/mol. The van der Waals surface area contributed by atoms with Gasteiger partial charge in [0.05, 0.1) is 16.3 Å². The van der Waals surface area contributed by atoms with Crippen molar-refractivity contribution < 1.29 is 4.79 Å². The number of Topliss-reactive ketones (excluding diaryl/α,β-unsaturated/α-hetero) is 1. The summed E-state index contributed by atoms with van der Waals surface area (Å²) in [7, 11) is 0. The second-order valence-electron chi connectivity index (χ2n) is 4.44. The Hall–Kier alpha value is -2.14. The summed E-state index contributed by atoms with van der Waals surface area (Å²) in [6.45, 7) is 0. The highest BCUT2D eigenvalue weighted by Crippen LogP contribution is 2.38. The molecule has 0 N–H and O–H groups in total. The van der Waals surface area contributed by atoms with Crippen molar-refractivity contribution in [3.8, 4) is 0 Å². The van der Waals surface area contributed by atoms with Crippen LogP contribution in [-0.4, -0.2) is 22.7 Å². The average Bonchev–Trinajstić information content (AvgIpc) is 2.67. The maximum atomic E-state index is 12.0. The molecule has 0 aromatic carbocycles. The summed E-state index contributed by atoms with van der Waals surface area (Å²) in [6, 6.07) is 3.87. The van der Waals surface area contributed by atoms with Crippen molar-refractivity contribution in [2.24, 2.45) is 9.98 Å². The van der Waals surface area contributed by atoms with Crippen LogP contribution in [0.4, 0.5) is 5.69 Å². The molecule has 4 nitrogen and oxygen atoms in total. The number of hydrogen-bond donors (Lipinski definition) is 0. The molecule has 0 spiro atoms. The van der Waals surface area contributed by atoms with Crippen molar-refractivity contribution in [1.82, 2.24) is 4.98 Å². The molecule has 5 heteroatoms. The molecular formula is C14H9N3OS. The third kappa shape index (κ3) is 1.58. The van der Waals surface area contributed by atoms with Crippen LogP contribution >= 0.6 is 11.3 Å². The molecule has 0 bridgehead atoms. The van der Waals surface area contributed by atoms with E-state index in [2.05, 4.69) is 15.0 Å². The van der Waals surface area contributed by atoms with Crippen LogP contribution in [0.5, 0.6) is 0 Å². The summed E-state index contributed by atoms with van der Waals surface area (Å²) in [4.78, 5) is 27.2. The van der Waals surface area contributed by atoms with Gasteiger partial charge in [0.25, 0.3) is 0 Å². The predicted molar refractivity (Wildman–Crippen MR) is 76.6 cm³/mol. The zero-order valence-electron chi connectivity index (χ0n) is 9.96. The highest BCUT2D eigenvalue weighted by molar-refractivity contribution is 7.20. The van der Waals surface area contributed by atoms with Crippen LogP contribution in [-0.2, 0) is 4.79 Å². The molecule has 1 aliphatic carbocycles. The third-order valence-corrected chi connectivity index (χ3v) is 4.26. The number of carbonyl (C=O) groups excluding carboxylic acids is 1. The topological polar surface area (TPSA) is 54.7 Å². The van der Waals surface area contributed by atoms with E-state index in [-0.39, 0.29) is 5.78 Å². The summed E-state index contributed by atoms with van der Waals surface area (Å²) < 4.78 is 0. The van der Waals surface area contributed by atoms with E-state index in [1.54, 1.807) is 23.7 Å². The highest BCUT2D eigenvalue weighted by Gasteiger charge is 2.24. The smallest absolute Gasteiger partial charge is 0.183 e. The van der Waals surface area contributed by atoms with E-state index in [0.717, 1.165) is 27.2 Å². The normalized spacial score (nSPS) is 17.6. The number of nitrogens with zero attached hydrogens (tertiary/aromatic N) is 3. The minimum absolute atomic E-state index is 0.0748. The van der Waals surface area contributed by atoms with Gasteiger partial charge >= 0.3 is 0 Å². The van der Waals surface area contributed by atoms with Gasteiger partial charge in [-0.2, -0.15) is 0 Å². The van der Waals surface area contributed by atoms with Gasteiger partial charge in [-0.3, -0.25) is 9.79 Å². The third-order valence-electron chi connectivity index (χ3n) is 3.23. The van der Waals surface area contributed by atoms with Crippen molar-refractivity contribution in [2.45, 2.75) is 12.8 Å². The number of rotatable bonds is 0.